The summed E-state index contributed by atoms with van der Waals surface area (Å²) in [6.07, 6.45) is 0. The molecule has 0 aliphatic carbocycles. The summed E-state index contributed by atoms with van der Waals surface area (Å²) < 4.78 is 25.6. The van der Waals surface area contributed by atoms with Crippen molar-refractivity contribution in [2.24, 2.45) is 0 Å². The zero-order chi connectivity index (χ0) is 21.0. The van der Waals surface area contributed by atoms with E-state index < -0.39 is 15.9 Å². The highest BCUT2D eigenvalue weighted by Gasteiger charge is 2.19. The molecule has 0 bridgehead atoms. The van der Waals surface area contributed by atoms with Gasteiger partial charge >= 0.3 is 0 Å². The maximum absolute atomic E-state index is 12.6. The smallest absolute Gasteiger partial charge is 0.265 e. The zero-order valence-corrected chi connectivity index (χ0v) is 17.4. The largest absolute Gasteiger partial charge is 0.322 e. The van der Waals surface area contributed by atoms with E-state index >= 15 is 0 Å². The number of anilines is 2. The molecule has 0 radical (unpaired) electrons. The van der Waals surface area contributed by atoms with Crippen LogP contribution in [0, 0.1) is 0 Å². The molecule has 29 heavy (non-hydrogen) atoms. The van der Waals surface area contributed by atoms with E-state index in [-0.39, 0.29) is 16.4 Å². The van der Waals surface area contributed by atoms with Crippen LogP contribution in [-0.4, -0.2) is 38.6 Å². The standard InChI is InChI=1S/C20H19N3O4S2/c1-23(2)29(26,27)17-9-3-6-14(12-17)19(24)21-15-7-4-8-16(13-15)22-20(25)18-10-5-11-28-18/h3-13H,1-2H3,(H,21,24)(H,22,25). The molecule has 0 aliphatic heterocycles. The predicted molar refractivity (Wildman–Crippen MR) is 114 cm³/mol. The van der Waals surface area contributed by atoms with Crippen LogP contribution in [-0.2, 0) is 10.0 Å². The molecule has 150 valence electrons. The lowest BCUT2D eigenvalue weighted by Crippen LogP contribution is -2.22. The van der Waals surface area contributed by atoms with Crippen LogP contribution in [0.3, 0.4) is 0 Å². The van der Waals surface area contributed by atoms with Crippen molar-refractivity contribution in [2.45, 2.75) is 4.90 Å². The first-order valence-electron chi connectivity index (χ1n) is 8.56. The van der Waals surface area contributed by atoms with Crippen LogP contribution >= 0.6 is 11.3 Å². The van der Waals surface area contributed by atoms with Crippen molar-refractivity contribution >= 4 is 44.5 Å². The molecule has 1 aromatic heterocycles. The number of rotatable bonds is 6. The Bertz CT molecular complexity index is 1140. The Hall–Kier alpha value is -3.01. The first-order valence-corrected chi connectivity index (χ1v) is 10.9. The van der Waals surface area contributed by atoms with E-state index in [1.807, 2.05) is 5.38 Å². The van der Waals surface area contributed by atoms with Gasteiger partial charge in [0.15, 0.2) is 0 Å². The second-order valence-corrected chi connectivity index (χ2v) is 9.38. The molecule has 9 heteroatoms. The molecule has 0 atom stereocenters. The molecule has 3 aromatic rings. The van der Waals surface area contributed by atoms with Crippen LogP contribution in [0.1, 0.15) is 20.0 Å². The van der Waals surface area contributed by atoms with E-state index in [0.29, 0.717) is 16.3 Å². The first-order chi connectivity index (χ1) is 13.8. The monoisotopic (exact) mass is 429 g/mol. The second-order valence-electron chi connectivity index (χ2n) is 6.28. The van der Waals surface area contributed by atoms with E-state index in [4.69, 9.17) is 0 Å². The van der Waals surface area contributed by atoms with E-state index in [0.717, 1.165) is 4.31 Å². The predicted octanol–water partition coefficient (Wildman–Crippen LogP) is 3.50. The van der Waals surface area contributed by atoms with Gasteiger partial charge in [0, 0.05) is 31.0 Å². The van der Waals surface area contributed by atoms with E-state index in [1.165, 1.54) is 49.7 Å². The molecular weight excluding hydrogens is 410 g/mol. The van der Waals surface area contributed by atoms with Crippen molar-refractivity contribution in [1.82, 2.24) is 4.31 Å². The molecule has 2 aromatic carbocycles. The van der Waals surface area contributed by atoms with Gasteiger partial charge in [-0.15, -0.1) is 11.3 Å². The fraction of sp³-hybridized carbons (Fsp3) is 0.100. The summed E-state index contributed by atoms with van der Waals surface area (Å²) in [4.78, 5) is 25.4. The summed E-state index contributed by atoms with van der Waals surface area (Å²) in [6.45, 7) is 0. The van der Waals surface area contributed by atoms with Crippen LogP contribution in [0.2, 0.25) is 0 Å². The number of carbonyl (C=O) groups excluding carboxylic acids is 2. The van der Waals surface area contributed by atoms with Crippen molar-refractivity contribution in [3.8, 4) is 0 Å². The number of nitrogens with one attached hydrogen (secondary N) is 2. The van der Waals surface area contributed by atoms with Gasteiger partial charge in [-0.25, -0.2) is 12.7 Å². The van der Waals surface area contributed by atoms with Gasteiger partial charge in [0.1, 0.15) is 0 Å². The third-order valence-electron chi connectivity index (χ3n) is 4.00. The summed E-state index contributed by atoms with van der Waals surface area (Å²) >= 11 is 1.33. The molecule has 0 saturated carbocycles. The summed E-state index contributed by atoms with van der Waals surface area (Å²) in [6, 6.07) is 16.1. The minimum absolute atomic E-state index is 0.0344. The average molecular weight is 430 g/mol. The van der Waals surface area contributed by atoms with Crippen LogP contribution in [0.4, 0.5) is 11.4 Å². The highest BCUT2D eigenvalue weighted by Crippen LogP contribution is 2.20. The highest BCUT2D eigenvalue weighted by atomic mass is 32.2. The van der Waals surface area contributed by atoms with Gasteiger partial charge in [0.25, 0.3) is 11.8 Å². The van der Waals surface area contributed by atoms with Gasteiger partial charge < -0.3 is 10.6 Å². The van der Waals surface area contributed by atoms with Gasteiger partial charge in [-0.3, -0.25) is 9.59 Å². The van der Waals surface area contributed by atoms with Crippen LogP contribution in [0.15, 0.2) is 70.9 Å². The number of hydrogen-bond donors (Lipinski definition) is 2. The molecule has 0 unspecified atom stereocenters. The fourth-order valence-corrected chi connectivity index (χ4v) is 4.05. The average Bonchev–Trinajstić information content (AvgIpc) is 3.23. The topological polar surface area (TPSA) is 95.6 Å². The normalized spacial score (nSPS) is 11.3. The highest BCUT2D eigenvalue weighted by molar-refractivity contribution is 7.89. The molecule has 0 saturated heterocycles. The van der Waals surface area contributed by atoms with Gasteiger partial charge in [0.05, 0.1) is 9.77 Å². The zero-order valence-electron chi connectivity index (χ0n) is 15.7. The number of nitrogens with zero attached hydrogens (tertiary/aromatic N) is 1. The fourth-order valence-electron chi connectivity index (χ4n) is 2.49. The number of thiophene rings is 1. The summed E-state index contributed by atoms with van der Waals surface area (Å²) in [5, 5.41) is 7.31. The third-order valence-corrected chi connectivity index (χ3v) is 6.68. The van der Waals surface area contributed by atoms with Gasteiger partial charge in [-0.2, -0.15) is 0 Å². The van der Waals surface area contributed by atoms with E-state index in [1.54, 1.807) is 36.4 Å². The minimum Gasteiger partial charge on any atom is -0.322 e. The number of sulfonamides is 1. The number of benzene rings is 2. The molecule has 3 rings (SSSR count). The lowest BCUT2D eigenvalue weighted by Gasteiger charge is -2.12. The van der Waals surface area contributed by atoms with E-state index in [2.05, 4.69) is 10.6 Å². The molecular formula is C20H19N3O4S2. The molecule has 0 fully saturated rings. The maximum Gasteiger partial charge on any atom is 0.265 e. The van der Waals surface area contributed by atoms with Crippen molar-refractivity contribution < 1.29 is 18.0 Å². The van der Waals surface area contributed by atoms with Crippen molar-refractivity contribution in [1.29, 1.82) is 0 Å². The van der Waals surface area contributed by atoms with Crippen LogP contribution < -0.4 is 10.6 Å². The number of amides is 2. The minimum atomic E-state index is -3.64. The third kappa shape index (κ3) is 4.89. The van der Waals surface area contributed by atoms with Crippen LogP contribution in [0.25, 0.3) is 0 Å². The Morgan fingerprint density at radius 1 is 0.862 bits per heavy atom. The van der Waals surface area contributed by atoms with Crippen molar-refractivity contribution in [2.75, 3.05) is 24.7 Å². The van der Waals surface area contributed by atoms with Crippen molar-refractivity contribution in [3.05, 3.63) is 76.5 Å². The quantitative estimate of drug-likeness (QED) is 0.627. The van der Waals surface area contributed by atoms with Crippen molar-refractivity contribution in [3.63, 3.8) is 0 Å². The Kier molecular flexibility index (Phi) is 6.12. The second kappa shape index (κ2) is 8.56. The van der Waals surface area contributed by atoms with Gasteiger partial charge in [0.2, 0.25) is 10.0 Å². The summed E-state index contributed by atoms with van der Waals surface area (Å²) in [7, 11) is -0.783. The SMILES string of the molecule is CN(C)S(=O)(=O)c1cccc(C(=O)Nc2cccc(NC(=O)c3cccs3)c2)c1. The lowest BCUT2D eigenvalue weighted by atomic mass is 10.2. The molecule has 2 N–H and O–H groups in total. The summed E-state index contributed by atoms with van der Waals surface area (Å²) in [5.41, 5.74) is 1.21. The first kappa shape index (κ1) is 20.7. The lowest BCUT2D eigenvalue weighted by molar-refractivity contribution is 0.102. The Morgan fingerprint density at radius 3 is 2.14 bits per heavy atom. The Balaban J connectivity index is 1.75. The molecule has 0 aliphatic rings. The molecule has 7 nitrogen and oxygen atoms in total. The molecule has 1 heterocycles. The van der Waals surface area contributed by atoms with Gasteiger partial charge in [-0.05, 0) is 47.8 Å². The summed E-state index contributed by atoms with van der Waals surface area (Å²) in [5.74, 6) is -0.687. The number of carbonyl (C=O) groups is 2. The Morgan fingerprint density at radius 2 is 1.52 bits per heavy atom. The van der Waals surface area contributed by atoms with Gasteiger partial charge in [-0.1, -0.05) is 18.2 Å². The maximum atomic E-state index is 12.6. The van der Waals surface area contributed by atoms with E-state index in [9.17, 15) is 18.0 Å². The molecule has 0 spiro atoms. The Labute approximate surface area is 173 Å². The van der Waals surface area contributed by atoms with Crippen LogP contribution in [0.5, 0.6) is 0 Å². The molecule has 2 amide bonds. The number of hydrogen-bond acceptors (Lipinski definition) is 5.